The van der Waals surface area contributed by atoms with Crippen molar-refractivity contribution in [3.63, 3.8) is 0 Å². The second-order valence-electron chi connectivity index (χ2n) is 6.43. The maximum absolute atomic E-state index is 6.39. The first-order valence-electron chi connectivity index (χ1n) is 8.48. The van der Waals surface area contributed by atoms with Gasteiger partial charge in [0.25, 0.3) is 0 Å². The van der Waals surface area contributed by atoms with Gasteiger partial charge in [0.05, 0.1) is 18.3 Å². The van der Waals surface area contributed by atoms with E-state index in [9.17, 15) is 0 Å². The number of benzene rings is 2. The summed E-state index contributed by atoms with van der Waals surface area (Å²) < 4.78 is 6.39. The molecule has 1 atom stereocenters. The number of nitrogens with two attached hydrogens (primary N) is 1. The van der Waals surface area contributed by atoms with E-state index in [1.807, 2.05) is 12.1 Å². The van der Waals surface area contributed by atoms with Gasteiger partial charge in [-0.05, 0) is 37.5 Å². The number of hydrogen-bond acceptors (Lipinski definition) is 3. The van der Waals surface area contributed by atoms with Gasteiger partial charge >= 0.3 is 0 Å². The number of hydrogen-bond donors (Lipinski definition) is 1. The standard InChI is InChI=1S/C20H26N2O/c1-4-20(5-2)14-22(15(3)16-9-7-6-8-10-16)18-12-11-17(21)13-19(18)23-20/h6-13,15H,4-5,14,21H2,1-3H3. The zero-order valence-corrected chi connectivity index (χ0v) is 14.3. The van der Waals surface area contributed by atoms with Crippen molar-refractivity contribution in [1.82, 2.24) is 0 Å². The molecule has 0 saturated carbocycles. The Morgan fingerprint density at radius 2 is 1.83 bits per heavy atom. The lowest BCUT2D eigenvalue weighted by atomic mass is 9.92. The lowest BCUT2D eigenvalue weighted by molar-refractivity contribution is 0.0552. The Hall–Kier alpha value is -2.16. The van der Waals surface area contributed by atoms with Gasteiger partial charge in [-0.1, -0.05) is 44.2 Å². The maximum Gasteiger partial charge on any atom is 0.145 e. The van der Waals surface area contributed by atoms with Crippen LogP contribution in [-0.2, 0) is 0 Å². The van der Waals surface area contributed by atoms with Gasteiger partial charge in [-0.15, -0.1) is 0 Å². The van der Waals surface area contributed by atoms with Gasteiger partial charge in [-0.3, -0.25) is 0 Å². The Bertz CT molecular complexity index is 665. The fourth-order valence-electron chi connectivity index (χ4n) is 3.39. The fraction of sp³-hybridized carbons (Fsp3) is 0.400. The van der Waals surface area contributed by atoms with Crippen LogP contribution >= 0.6 is 0 Å². The van der Waals surface area contributed by atoms with E-state index >= 15 is 0 Å². The molecule has 1 unspecified atom stereocenters. The van der Waals surface area contributed by atoms with E-state index in [1.165, 1.54) is 5.56 Å². The Balaban J connectivity index is 2.05. The van der Waals surface area contributed by atoms with Crippen molar-refractivity contribution in [2.75, 3.05) is 17.2 Å². The van der Waals surface area contributed by atoms with E-state index in [0.29, 0.717) is 6.04 Å². The van der Waals surface area contributed by atoms with E-state index in [-0.39, 0.29) is 5.60 Å². The highest BCUT2D eigenvalue weighted by atomic mass is 16.5. The molecule has 3 heteroatoms. The summed E-state index contributed by atoms with van der Waals surface area (Å²) in [6.45, 7) is 7.56. The van der Waals surface area contributed by atoms with E-state index < -0.39 is 0 Å². The van der Waals surface area contributed by atoms with Crippen molar-refractivity contribution < 1.29 is 4.74 Å². The maximum atomic E-state index is 6.39. The molecular formula is C20H26N2O. The summed E-state index contributed by atoms with van der Waals surface area (Å²) in [5.41, 5.74) is 9.04. The predicted molar refractivity (Wildman–Crippen MR) is 97.0 cm³/mol. The Labute approximate surface area is 139 Å². The highest BCUT2D eigenvalue weighted by molar-refractivity contribution is 5.66. The first-order valence-corrected chi connectivity index (χ1v) is 8.48. The van der Waals surface area contributed by atoms with Crippen LogP contribution in [-0.4, -0.2) is 12.1 Å². The molecule has 3 nitrogen and oxygen atoms in total. The predicted octanol–water partition coefficient (Wildman–Crippen LogP) is 4.79. The summed E-state index contributed by atoms with van der Waals surface area (Å²) in [7, 11) is 0. The van der Waals surface area contributed by atoms with Crippen molar-refractivity contribution in [3.8, 4) is 5.75 Å². The Morgan fingerprint density at radius 3 is 2.48 bits per heavy atom. The van der Waals surface area contributed by atoms with Crippen molar-refractivity contribution in [2.24, 2.45) is 0 Å². The lowest BCUT2D eigenvalue weighted by Gasteiger charge is -2.46. The molecule has 122 valence electrons. The molecule has 0 fully saturated rings. The minimum atomic E-state index is -0.149. The first-order chi connectivity index (χ1) is 11.1. The average molecular weight is 310 g/mol. The molecular weight excluding hydrogens is 284 g/mol. The SMILES string of the molecule is CCC1(CC)CN(C(C)c2ccccc2)c2ccc(N)cc2O1. The van der Waals surface area contributed by atoms with Crippen LogP contribution in [0.3, 0.4) is 0 Å². The molecule has 0 aliphatic carbocycles. The fourth-order valence-corrected chi connectivity index (χ4v) is 3.39. The minimum absolute atomic E-state index is 0.149. The second kappa shape index (κ2) is 6.15. The molecule has 0 bridgehead atoms. The monoisotopic (exact) mass is 310 g/mol. The van der Waals surface area contributed by atoms with Crippen LogP contribution in [0.25, 0.3) is 0 Å². The molecule has 2 aromatic carbocycles. The highest BCUT2D eigenvalue weighted by Gasteiger charge is 2.38. The van der Waals surface area contributed by atoms with Crippen LogP contribution in [0.5, 0.6) is 5.75 Å². The molecule has 0 radical (unpaired) electrons. The van der Waals surface area contributed by atoms with Crippen LogP contribution in [0.15, 0.2) is 48.5 Å². The van der Waals surface area contributed by atoms with Crippen molar-refractivity contribution in [3.05, 3.63) is 54.1 Å². The van der Waals surface area contributed by atoms with Crippen LogP contribution in [0.4, 0.5) is 11.4 Å². The van der Waals surface area contributed by atoms with Gasteiger partial charge in [0.1, 0.15) is 11.4 Å². The van der Waals surface area contributed by atoms with Gasteiger partial charge in [-0.25, -0.2) is 0 Å². The number of ether oxygens (including phenoxy) is 1. The molecule has 2 aromatic rings. The van der Waals surface area contributed by atoms with Gasteiger partial charge in [0.15, 0.2) is 0 Å². The van der Waals surface area contributed by atoms with Gasteiger partial charge in [0.2, 0.25) is 0 Å². The molecule has 0 amide bonds. The summed E-state index contributed by atoms with van der Waals surface area (Å²) in [5, 5.41) is 0. The molecule has 1 heterocycles. The normalized spacial score (nSPS) is 17.3. The molecule has 0 saturated heterocycles. The zero-order chi connectivity index (χ0) is 16.4. The van der Waals surface area contributed by atoms with Crippen LogP contribution < -0.4 is 15.4 Å². The van der Waals surface area contributed by atoms with Gasteiger partial charge in [-0.2, -0.15) is 0 Å². The molecule has 1 aliphatic rings. The van der Waals surface area contributed by atoms with E-state index in [0.717, 1.165) is 36.5 Å². The number of nitrogen functional groups attached to an aromatic ring is 1. The van der Waals surface area contributed by atoms with Crippen molar-refractivity contribution >= 4 is 11.4 Å². The smallest absolute Gasteiger partial charge is 0.145 e. The van der Waals surface area contributed by atoms with Crippen molar-refractivity contribution in [1.29, 1.82) is 0 Å². The summed E-state index contributed by atoms with van der Waals surface area (Å²) >= 11 is 0. The molecule has 2 N–H and O–H groups in total. The average Bonchev–Trinajstić information content (AvgIpc) is 2.60. The number of anilines is 2. The third-order valence-corrected chi connectivity index (χ3v) is 5.12. The van der Waals surface area contributed by atoms with E-state index in [2.05, 4.69) is 62.1 Å². The quantitative estimate of drug-likeness (QED) is 0.825. The highest BCUT2D eigenvalue weighted by Crippen LogP contribution is 2.44. The third-order valence-electron chi connectivity index (χ3n) is 5.12. The first kappa shape index (κ1) is 15.7. The second-order valence-corrected chi connectivity index (χ2v) is 6.43. The number of fused-ring (bicyclic) bond motifs is 1. The molecule has 23 heavy (non-hydrogen) atoms. The minimum Gasteiger partial charge on any atom is -0.483 e. The third kappa shape index (κ3) is 2.88. The summed E-state index contributed by atoms with van der Waals surface area (Å²) in [6.07, 6.45) is 1.96. The topological polar surface area (TPSA) is 38.5 Å². The number of nitrogens with zero attached hydrogens (tertiary/aromatic N) is 1. The van der Waals surface area contributed by atoms with E-state index in [1.54, 1.807) is 0 Å². The largest absolute Gasteiger partial charge is 0.483 e. The molecule has 1 aliphatic heterocycles. The van der Waals surface area contributed by atoms with Gasteiger partial charge in [0, 0.05) is 11.8 Å². The lowest BCUT2D eigenvalue weighted by Crippen LogP contribution is -2.51. The van der Waals surface area contributed by atoms with Crippen LogP contribution in [0.1, 0.15) is 45.2 Å². The van der Waals surface area contributed by atoms with E-state index in [4.69, 9.17) is 10.5 Å². The summed E-state index contributed by atoms with van der Waals surface area (Å²) in [6, 6.07) is 16.9. The molecule has 0 spiro atoms. The van der Waals surface area contributed by atoms with Crippen LogP contribution in [0.2, 0.25) is 0 Å². The molecule has 3 rings (SSSR count). The summed E-state index contributed by atoms with van der Waals surface area (Å²) in [5.74, 6) is 0.905. The van der Waals surface area contributed by atoms with Gasteiger partial charge < -0.3 is 15.4 Å². The molecule has 0 aromatic heterocycles. The Morgan fingerprint density at radius 1 is 1.13 bits per heavy atom. The number of rotatable bonds is 4. The Kier molecular flexibility index (Phi) is 4.20. The summed E-state index contributed by atoms with van der Waals surface area (Å²) in [4.78, 5) is 2.46. The van der Waals surface area contributed by atoms with Crippen molar-refractivity contribution in [2.45, 2.75) is 45.3 Å². The van der Waals surface area contributed by atoms with Crippen LogP contribution in [0, 0.1) is 0 Å². The zero-order valence-electron chi connectivity index (χ0n) is 14.3.